The van der Waals surface area contributed by atoms with Crippen LogP contribution in [0.3, 0.4) is 0 Å². The van der Waals surface area contributed by atoms with Gasteiger partial charge < -0.3 is 0 Å². The smallest absolute Gasteiger partial charge is 0.258 e. The Morgan fingerprint density at radius 3 is 2.72 bits per heavy atom. The molecule has 0 aliphatic heterocycles. The molecule has 0 amide bonds. The van der Waals surface area contributed by atoms with E-state index in [0.29, 0.717) is 5.65 Å². The minimum atomic E-state index is -0.490. The van der Waals surface area contributed by atoms with Crippen molar-refractivity contribution >= 4 is 11.3 Å². The number of benzene rings is 1. The second kappa shape index (κ2) is 3.92. The van der Waals surface area contributed by atoms with Crippen molar-refractivity contribution in [3.05, 3.63) is 58.9 Å². The third kappa shape index (κ3) is 1.69. The van der Waals surface area contributed by atoms with Gasteiger partial charge in [0.15, 0.2) is 5.65 Å². The third-order valence-electron chi connectivity index (χ3n) is 2.58. The normalized spacial score (nSPS) is 10.7. The minimum absolute atomic E-state index is 0.0785. The quantitative estimate of drug-likeness (QED) is 0.509. The Kier molecular flexibility index (Phi) is 2.26. The van der Waals surface area contributed by atoms with Gasteiger partial charge in [0, 0.05) is 11.6 Å². The van der Waals surface area contributed by atoms with Crippen molar-refractivity contribution in [2.24, 2.45) is 0 Å². The predicted molar refractivity (Wildman–Crippen MR) is 65.1 cm³/mol. The lowest BCUT2D eigenvalue weighted by atomic mass is 10.2. The lowest BCUT2D eigenvalue weighted by molar-refractivity contribution is -0.385. The largest absolute Gasteiger partial charge is 0.305 e. The summed E-state index contributed by atoms with van der Waals surface area (Å²) >= 11 is 0. The summed E-state index contributed by atoms with van der Waals surface area (Å²) in [6.45, 7) is 0. The van der Waals surface area contributed by atoms with Crippen LogP contribution < -0.4 is 0 Å². The SMILES string of the molecule is O=[N+]([O-])c1cnc2cc(-c3ccccc3)nn2c1. The van der Waals surface area contributed by atoms with E-state index in [0.717, 1.165) is 11.3 Å². The second-order valence-electron chi connectivity index (χ2n) is 3.77. The van der Waals surface area contributed by atoms with Crippen LogP contribution in [0.25, 0.3) is 16.9 Å². The van der Waals surface area contributed by atoms with Crippen molar-refractivity contribution in [1.29, 1.82) is 0 Å². The molecule has 0 unspecified atom stereocenters. The van der Waals surface area contributed by atoms with Crippen molar-refractivity contribution in [2.45, 2.75) is 0 Å². The van der Waals surface area contributed by atoms with Crippen LogP contribution in [0, 0.1) is 10.1 Å². The van der Waals surface area contributed by atoms with Crippen molar-refractivity contribution in [3.8, 4) is 11.3 Å². The Morgan fingerprint density at radius 2 is 2.00 bits per heavy atom. The van der Waals surface area contributed by atoms with Gasteiger partial charge in [-0.15, -0.1) is 0 Å². The van der Waals surface area contributed by atoms with E-state index in [1.165, 1.54) is 16.9 Å². The first kappa shape index (κ1) is 10.4. The Balaban J connectivity index is 2.14. The van der Waals surface area contributed by atoms with Crippen molar-refractivity contribution in [2.75, 3.05) is 0 Å². The predicted octanol–water partition coefficient (Wildman–Crippen LogP) is 2.30. The summed E-state index contributed by atoms with van der Waals surface area (Å²) in [5.74, 6) is 0. The molecule has 3 aromatic rings. The van der Waals surface area contributed by atoms with Gasteiger partial charge in [-0.05, 0) is 0 Å². The Labute approximate surface area is 102 Å². The molecule has 0 atom stereocenters. The van der Waals surface area contributed by atoms with E-state index >= 15 is 0 Å². The Bertz CT molecular complexity index is 721. The molecule has 0 aliphatic rings. The zero-order valence-corrected chi connectivity index (χ0v) is 9.22. The average Bonchev–Trinajstić information content (AvgIpc) is 2.82. The lowest BCUT2D eigenvalue weighted by Gasteiger charge is -1.93. The van der Waals surface area contributed by atoms with Crippen LogP contribution >= 0.6 is 0 Å². The van der Waals surface area contributed by atoms with Gasteiger partial charge in [-0.3, -0.25) is 10.1 Å². The van der Waals surface area contributed by atoms with Crippen LogP contribution in [0.2, 0.25) is 0 Å². The molecule has 0 saturated heterocycles. The molecule has 6 heteroatoms. The molecule has 18 heavy (non-hydrogen) atoms. The molecule has 0 N–H and O–H groups in total. The number of aromatic nitrogens is 3. The highest BCUT2D eigenvalue weighted by atomic mass is 16.6. The summed E-state index contributed by atoms with van der Waals surface area (Å²) < 4.78 is 1.42. The number of hydrogen-bond donors (Lipinski definition) is 0. The van der Waals surface area contributed by atoms with Gasteiger partial charge in [0.05, 0.1) is 10.6 Å². The molecule has 88 valence electrons. The van der Waals surface area contributed by atoms with Crippen LogP contribution in [0.15, 0.2) is 48.8 Å². The molecule has 2 heterocycles. The van der Waals surface area contributed by atoms with Gasteiger partial charge in [0.2, 0.25) is 0 Å². The van der Waals surface area contributed by atoms with Crippen LogP contribution in [0.1, 0.15) is 0 Å². The molecule has 1 aromatic carbocycles. The number of fused-ring (bicyclic) bond motifs is 1. The van der Waals surface area contributed by atoms with Gasteiger partial charge in [-0.1, -0.05) is 30.3 Å². The molecule has 0 spiro atoms. The third-order valence-corrected chi connectivity index (χ3v) is 2.58. The van der Waals surface area contributed by atoms with Crippen LogP contribution in [-0.4, -0.2) is 19.5 Å². The summed E-state index contributed by atoms with van der Waals surface area (Å²) in [6.07, 6.45) is 2.58. The molecule has 0 fully saturated rings. The maximum absolute atomic E-state index is 10.6. The Morgan fingerprint density at radius 1 is 1.22 bits per heavy atom. The van der Waals surface area contributed by atoms with Crippen molar-refractivity contribution in [3.63, 3.8) is 0 Å². The maximum atomic E-state index is 10.6. The lowest BCUT2D eigenvalue weighted by Crippen LogP contribution is -1.95. The summed E-state index contributed by atoms with van der Waals surface area (Å²) in [5, 5.41) is 14.9. The van der Waals surface area contributed by atoms with E-state index in [1.807, 2.05) is 30.3 Å². The highest BCUT2D eigenvalue weighted by molar-refractivity contribution is 5.64. The molecule has 2 aromatic heterocycles. The fourth-order valence-corrected chi connectivity index (χ4v) is 1.71. The van der Waals surface area contributed by atoms with E-state index in [2.05, 4.69) is 10.1 Å². The number of hydrogen-bond acceptors (Lipinski definition) is 4. The van der Waals surface area contributed by atoms with Crippen molar-refractivity contribution < 1.29 is 4.92 Å². The number of nitrogens with zero attached hydrogens (tertiary/aromatic N) is 4. The van der Waals surface area contributed by atoms with Gasteiger partial charge in [0.25, 0.3) is 0 Å². The van der Waals surface area contributed by atoms with Crippen LogP contribution in [0.5, 0.6) is 0 Å². The molecule has 0 aliphatic carbocycles. The van der Waals surface area contributed by atoms with E-state index in [9.17, 15) is 10.1 Å². The highest BCUT2D eigenvalue weighted by Crippen LogP contribution is 2.19. The number of nitro groups is 1. The van der Waals surface area contributed by atoms with E-state index in [4.69, 9.17) is 0 Å². The summed E-state index contributed by atoms with van der Waals surface area (Å²) in [5.41, 5.74) is 2.19. The van der Waals surface area contributed by atoms with Gasteiger partial charge >= 0.3 is 5.69 Å². The summed E-state index contributed by atoms with van der Waals surface area (Å²) in [4.78, 5) is 14.2. The highest BCUT2D eigenvalue weighted by Gasteiger charge is 2.10. The minimum Gasteiger partial charge on any atom is -0.258 e. The standard InChI is InChI=1S/C12H8N4O2/c17-16(18)10-7-13-12-6-11(14-15(12)8-10)9-4-2-1-3-5-9/h1-8H. The fourth-order valence-electron chi connectivity index (χ4n) is 1.71. The molecule has 0 radical (unpaired) electrons. The molecule has 0 saturated carbocycles. The second-order valence-corrected chi connectivity index (χ2v) is 3.77. The van der Waals surface area contributed by atoms with Gasteiger partial charge in [-0.25, -0.2) is 9.50 Å². The molecular formula is C12H8N4O2. The topological polar surface area (TPSA) is 73.3 Å². The van der Waals surface area contributed by atoms with E-state index in [1.54, 1.807) is 6.07 Å². The monoisotopic (exact) mass is 240 g/mol. The average molecular weight is 240 g/mol. The zero-order valence-electron chi connectivity index (χ0n) is 9.22. The van der Waals surface area contributed by atoms with Crippen LogP contribution in [0.4, 0.5) is 5.69 Å². The fraction of sp³-hybridized carbons (Fsp3) is 0. The Hall–Kier alpha value is -2.76. The molecular weight excluding hydrogens is 232 g/mol. The summed E-state index contributed by atoms with van der Waals surface area (Å²) in [7, 11) is 0. The summed E-state index contributed by atoms with van der Waals surface area (Å²) in [6, 6.07) is 11.4. The molecule has 3 rings (SSSR count). The number of rotatable bonds is 2. The first-order valence-corrected chi connectivity index (χ1v) is 5.29. The first-order valence-electron chi connectivity index (χ1n) is 5.29. The van der Waals surface area contributed by atoms with E-state index < -0.39 is 4.92 Å². The van der Waals surface area contributed by atoms with Gasteiger partial charge in [-0.2, -0.15) is 5.10 Å². The zero-order chi connectivity index (χ0) is 12.5. The molecule has 0 bridgehead atoms. The van der Waals surface area contributed by atoms with Crippen molar-refractivity contribution in [1.82, 2.24) is 14.6 Å². The van der Waals surface area contributed by atoms with Crippen LogP contribution in [-0.2, 0) is 0 Å². The first-order chi connectivity index (χ1) is 8.74. The maximum Gasteiger partial charge on any atom is 0.305 e. The van der Waals surface area contributed by atoms with E-state index in [-0.39, 0.29) is 5.69 Å². The molecule has 6 nitrogen and oxygen atoms in total. The van der Waals surface area contributed by atoms with Gasteiger partial charge in [0.1, 0.15) is 12.4 Å².